The standard InChI is InChI=1S/C19H20N2O3S/c1-5-23-19-21-16-9-15(20-13(4)22)17(10-18(16)25-19)24-14-7-11(2)6-12(3)8-14/h6-10H,5H2,1-4H3,(H,20,22). The van der Waals surface area contributed by atoms with E-state index in [2.05, 4.69) is 16.4 Å². The number of ether oxygens (including phenoxy) is 2. The smallest absolute Gasteiger partial charge is 0.274 e. The lowest BCUT2D eigenvalue weighted by atomic mass is 10.1. The first kappa shape index (κ1) is 17.2. The molecule has 3 aromatic rings. The fourth-order valence-electron chi connectivity index (χ4n) is 2.61. The number of benzene rings is 2. The fourth-order valence-corrected chi connectivity index (χ4v) is 3.49. The van der Waals surface area contributed by atoms with Gasteiger partial charge in [0, 0.05) is 13.0 Å². The highest BCUT2D eigenvalue weighted by atomic mass is 32.1. The summed E-state index contributed by atoms with van der Waals surface area (Å²) in [4.78, 5) is 16.0. The van der Waals surface area contributed by atoms with E-state index in [1.165, 1.54) is 18.3 Å². The summed E-state index contributed by atoms with van der Waals surface area (Å²) in [5.74, 6) is 1.15. The Bertz CT molecular complexity index is 914. The van der Waals surface area contributed by atoms with Crippen molar-refractivity contribution < 1.29 is 14.3 Å². The molecule has 0 aliphatic rings. The van der Waals surface area contributed by atoms with Gasteiger partial charge in [-0.15, -0.1) is 0 Å². The minimum atomic E-state index is -0.162. The Balaban J connectivity index is 2.04. The normalized spacial score (nSPS) is 10.7. The Morgan fingerprint density at radius 1 is 1.16 bits per heavy atom. The Labute approximate surface area is 150 Å². The van der Waals surface area contributed by atoms with Crippen LogP contribution in [0.1, 0.15) is 25.0 Å². The van der Waals surface area contributed by atoms with Crippen molar-refractivity contribution in [3.63, 3.8) is 0 Å². The van der Waals surface area contributed by atoms with E-state index in [-0.39, 0.29) is 5.91 Å². The number of nitrogens with zero attached hydrogens (tertiary/aromatic N) is 1. The second-order valence-corrected chi connectivity index (χ2v) is 6.83. The van der Waals surface area contributed by atoms with Crippen molar-refractivity contribution >= 4 is 33.1 Å². The molecule has 1 heterocycles. The predicted octanol–water partition coefficient (Wildman–Crippen LogP) is 5.06. The summed E-state index contributed by atoms with van der Waals surface area (Å²) >= 11 is 1.45. The highest BCUT2D eigenvalue weighted by molar-refractivity contribution is 7.20. The van der Waals surface area contributed by atoms with Gasteiger partial charge in [-0.1, -0.05) is 17.4 Å². The Morgan fingerprint density at radius 3 is 2.52 bits per heavy atom. The van der Waals surface area contributed by atoms with Crippen LogP contribution in [0.2, 0.25) is 0 Å². The molecule has 0 fully saturated rings. The Morgan fingerprint density at radius 2 is 1.88 bits per heavy atom. The molecule has 0 aliphatic heterocycles. The third-order valence-corrected chi connectivity index (χ3v) is 4.40. The molecule has 1 amide bonds. The van der Waals surface area contributed by atoms with Crippen LogP contribution in [-0.2, 0) is 4.79 Å². The lowest BCUT2D eigenvalue weighted by Gasteiger charge is -2.12. The summed E-state index contributed by atoms with van der Waals surface area (Å²) in [7, 11) is 0. The third-order valence-electron chi connectivity index (χ3n) is 3.47. The van der Waals surface area contributed by atoms with Gasteiger partial charge in [0.25, 0.3) is 5.19 Å². The number of fused-ring (bicyclic) bond motifs is 1. The predicted molar refractivity (Wildman–Crippen MR) is 101 cm³/mol. The lowest BCUT2D eigenvalue weighted by Crippen LogP contribution is -2.07. The summed E-state index contributed by atoms with van der Waals surface area (Å²) in [6.45, 7) is 8.00. The monoisotopic (exact) mass is 356 g/mol. The molecule has 0 bridgehead atoms. The van der Waals surface area contributed by atoms with Gasteiger partial charge >= 0.3 is 0 Å². The van der Waals surface area contributed by atoms with Crippen LogP contribution in [-0.4, -0.2) is 17.5 Å². The largest absolute Gasteiger partial charge is 0.470 e. The van der Waals surface area contributed by atoms with Crippen LogP contribution in [0.15, 0.2) is 30.3 Å². The van der Waals surface area contributed by atoms with Crippen molar-refractivity contribution in [2.75, 3.05) is 11.9 Å². The zero-order valence-corrected chi connectivity index (χ0v) is 15.5. The molecule has 5 nitrogen and oxygen atoms in total. The van der Waals surface area contributed by atoms with Crippen LogP contribution in [0.25, 0.3) is 10.2 Å². The second-order valence-electron chi connectivity index (χ2n) is 5.84. The van der Waals surface area contributed by atoms with Crippen molar-refractivity contribution in [3.05, 3.63) is 41.5 Å². The van der Waals surface area contributed by atoms with Gasteiger partial charge < -0.3 is 14.8 Å². The zero-order chi connectivity index (χ0) is 18.0. The highest BCUT2D eigenvalue weighted by Crippen LogP contribution is 2.38. The number of carbonyl (C=O) groups excluding carboxylic acids is 1. The summed E-state index contributed by atoms with van der Waals surface area (Å²) < 4.78 is 12.5. The van der Waals surface area contributed by atoms with Gasteiger partial charge in [-0.2, -0.15) is 0 Å². The number of anilines is 1. The topological polar surface area (TPSA) is 60.5 Å². The van der Waals surface area contributed by atoms with Crippen LogP contribution in [0, 0.1) is 13.8 Å². The average Bonchev–Trinajstić information content (AvgIpc) is 2.87. The minimum Gasteiger partial charge on any atom is -0.470 e. The summed E-state index contributed by atoms with van der Waals surface area (Å²) in [5, 5.41) is 3.42. The van der Waals surface area contributed by atoms with Gasteiger partial charge in [-0.25, -0.2) is 4.98 Å². The van der Waals surface area contributed by atoms with E-state index in [9.17, 15) is 4.79 Å². The van der Waals surface area contributed by atoms with E-state index < -0.39 is 0 Å². The van der Waals surface area contributed by atoms with Crippen molar-refractivity contribution in [3.8, 4) is 16.7 Å². The molecule has 130 valence electrons. The number of thiazole rings is 1. The summed E-state index contributed by atoms with van der Waals surface area (Å²) in [6.07, 6.45) is 0. The van der Waals surface area contributed by atoms with Gasteiger partial charge in [0.15, 0.2) is 5.75 Å². The molecule has 2 aromatic carbocycles. The molecule has 25 heavy (non-hydrogen) atoms. The zero-order valence-electron chi connectivity index (χ0n) is 14.7. The molecule has 6 heteroatoms. The second kappa shape index (κ2) is 7.11. The first-order valence-electron chi connectivity index (χ1n) is 8.05. The van der Waals surface area contributed by atoms with Crippen molar-refractivity contribution in [2.45, 2.75) is 27.7 Å². The number of aromatic nitrogens is 1. The lowest BCUT2D eigenvalue weighted by molar-refractivity contribution is -0.114. The number of rotatable bonds is 5. The van der Waals surface area contributed by atoms with E-state index in [1.807, 2.05) is 45.0 Å². The Hall–Kier alpha value is -2.60. The van der Waals surface area contributed by atoms with Crippen molar-refractivity contribution in [1.82, 2.24) is 4.98 Å². The minimum absolute atomic E-state index is 0.162. The van der Waals surface area contributed by atoms with Crippen LogP contribution >= 0.6 is 11.3 Å². The van der Waals surface area contributed by atoms with Gasteiger partial charge in [0.05, 0.1) is 22.5 Å². The number of nitrogens with one attached hydrogen (secondary N) is 1. The first-order valence-corrected chi connectivity index (χ1v) is 8.87. The maximum Gasteiger partial charge on any atom is 0.274 e. The van der Waals surface area contributed by atoms with Crippen molar-refractivity contribution in [1.29, 1.82) is 0 Å². The molecule has 1 N–H and O–H groups in total. The number of hydrogen-bond acceptors (Lipinski definition) is 5. The molecule has 0 saturated heterocycles. The number of aryl methyl sites for hydroxylation is 2. The summed E-state index contributed by atoms with van der Waals surface area (Å²) in [6, 6.07) is 9.72. The molecule has 0 saturated carbocycles. The van der Waals surface area contributed by atoms with Crippen LogP contribution in [0.5, 0.6) is 16.7 Å². The summed E-state index contributed by atoms with van der Waals surface area (Å²) in [5.41, 5.74) is 3.60. The SMILES string of the molecule is CCOc1nc2cc(NC(C)=O)c(Oc3cc(C)cc(C)c3)cc2s1. The maximum absolute atomic E-state index is 11.6. The average molecular weight is 356 g/mol. The molecule has 0 spiro atoms. The van der Waals surface area contributed by atoms with Gasteiger partial charge in [0.2, 0.25) is 5.91 Å². The van der Waals surface area contributed by atoms with Crippen LogP contribution in [0.4, 0.5) is 5.69 Å². The number of amides is 1. The highest BCUT2D eigenvalue weighted by Gasteiger charge is 2.13. The molecule has 3 rings (SSSR count). The first-order chi connectivity index (χ1) is 11.9. The van der Waals surface area contributed by atoms with E-state index in [0.29, 0.717) is 23.2 Å². The Kier molecular flexibility index (Phi) is 4.90. The quantitative estimate of drug-likeness (QED) is 0.694. The molecule has 1 aromatic heterocycles. The van der Waals surface area contributed by atoms with Crippen LogP contribution < -0.4 is 14.8 Å². The van der Waals surface area contributed by atoms with Crippen molar-refractivity contribution in [2.24, 2.45) is 0 Å². The van der Waals surface area contributed by atoms with E-state index in [4.69, 9.17) is 9.47 Å². The maximum atomic E-state index is 11.6. The molecule has 0 radical (unpaired) electrons. The molecule has 0 unspecified atom stereocenters. The molecule has 0 aliphatic carbocycles. The number of hydrogen-bond donors (Lipinski definition) is 1. The van der Waals surface area contributed by atoms with Gasteiger partial charge in [-0.3, -0.25) is 4.79 Å². The molecule has 0 atom stereocenters. The van der Waals surface area contributed by atoms with E-state index in [1.54, 1.807) is 0 Å². The fraction of sp³-hybridized carbons (Fsp3) is 0.263. The molecular formula is C19H20N2O3S. The van der Waals surface area contributed by atoms with Crippen LogP contribution in [0.3, 0.4) is 0 Å². The molecular weight excluding hydrogens is 336 g/mol. The van der Waals surface area contributed by atoms with E-state index >= 15 is 0 Å². The van der Waals surface area contributed by atoms with Gasteiger partial charge in [-0.05, 0) is 50.1 Å². The van der Waals surface area contributed by atoms with Gasteiger partial charge in [0.1, 0.15) is 5.75 Å². The third kappa shape index (κ3) is 4.09. The number of carbonyl (C=O) groups is 1. The van der Waals surface area contributed by atoms with E-state index in [0.717, 1.165) is 27.1 Å².